The van der Waals surface area contributed by atoms with Crippen LogP contribution in [-0.4, -0.2) is 69.3 Å². The lowest BCUT2D eigenvalue weighted by Gasteiger charge is -2.39. The summed E-state index contributed by atoms with van der Waals surface area (Å²) in [5.41, 5.74) is 1.88. The first-order chi connectivity index (χ1) is 21.9. The molecule has 3 aromatic carbocycles. The van der Waals surface area contributed by atoms with Gasteiger partial charge in [0.1, 0.15) is 17.7 Å². The van der Waals surface area contributed by atoms with Crippen molar-refractivity contribution in [3.8, 4) is 0 Å². The molecule has 9 nitrogen and oxygen atoms in total. The Morgan fingerprint density at radius 3 is 2.41 bits per heavy atom. The Bertz CT molecular complexity index is 1610. The number of alkyl carbamates (subject to hydrolysis) is 1. The molecule has 1 fully saturated rings. The number of hydrogen-bond acceptors (Lipinski definition) is 6. The van der Waals surface area contributed by atoms with Gasteiger partial charge in [-0.15, -0.1) is 0 Å². The van der Waals surface area contributed by atoms with Crippen molar-refractivity contribution in [1.29, 1.82) is 0 Å². The average Bonchev–Trinajstić information content (AvgIpc) is 3.01. The summed E-state index contributed by atoms with van der Waals surface area (Å²) in [6, 6.07) is 15.3. The zero-order valence-corrected chi connectivity index (χ0v) is 27.5. The Balaban J connectivity index is 1.59. The maximum Gasteiger partial charge on any atom is 0.407 e. The number of ether oxygens (including phenoxy) is 1. The molecule has 248 valence electrons. The third-order valence-corrected chi connectivity index (χ3v) is 9.82. The van der Waals surface area contributed by atoms with Gasteiger partial charge >= 0.3 is 6.09 Å². The van der Waals surface area contributed by atoms with E-state index in [9.17, 15) is 22.4 Å². The molecule has 0 aromatic heterocycles. The highest BCUT2D eigenvalue weighted by Crippen LogP contribution is 2.29. The number of carbonyl (C=O) groups excluding carboxylic acids is 2. The molecular formula is C33H39ClF2N4O5S. The summed E-state index contributed by atoms with van der Waals surface area (Å²) in [4.78, 5) is 26.5. The molecule has 4 atom stereocenters. The molecule has 0 bridgehead atoms. The maximum atomic E-state index is 15.2. The van der Waals surface area contributed by atoms with Crippen molar-refractivity contribution < 1.29 is 31.5 Å². The number of amides is 2. The van der Waals surface area contributed by atoms with Crippen molar-refractivity contribution in [3.05, 3.63) is 100 Å². The van der Waals surface area contributed by atoms with Crippen LogP contribution in [0.15, 0.2) is 66.7 Å². The predicted molar refractivity (Wildman–Crippen MR) is 174 cm³/mol. The predicted octanol–water partition coefficient (Wildman–Crippen LogP) is 5.25. The summed E-state index contributed by atoms with van der Waals surface area (Å²) < 4.78 is 60.2. The van der Waals surface area contributed by atoms with Crippen molar-refractivity contribution in [2.45, 2.75) is 56.7 Å². The fourth-order valence-corrected chi connectivity index (χ4v) is 7.60. The highest BCUT2D eigenvalue weighted by molar-refractivity contribution is 7.88. The molecule has 4 unspecified atom stereocenters. The van der Waals surface area contributed by atoms with Crippen LogP contribution in [0.4, 0.5) is 19.3 Å². The standard InChI is InChI=1S/C33H39ClF2N4O5S/c1-21-19-37-20-26(40(21)46(3,43)44)6-4-7-27-29(36)8-5-9-30(27)38-32(41)31(39-33(42)45-2)28(23-12-14-24(34)15-13-23)18-22-10-16-25(35)17-11-22/h5,8-17,21,26,28,31,37H,4,6-7,18-20H2,1-3H3,(H,38,41)(H,39,42). The van der Waals surface area contributed by atoms with E-state index in [1.54, 1.807) is 42.5 Å². The highest BCUT2D eigenvalue weighted by atomic mass is 35.5. The van der Waals surface area contributed by atoms with Crippen LogP contribution in [0.2, 0.25) is 5.02 Å². The lowest BCUT2D eigenvalue weighted by atomic mass is 9.85. The Morgan fingerprint density at radius 1 is 1.07 bits per heavy atom. The van der Waals surface area contributed by atoms with Gasteiger partial charge in [-0.2, -0.15) is 4.31 Å². The second kappa shape index (κ2) is 15.8. The minimum Gasteiger partial charge on any atom is -0.453 e. The van der Waals surface area contributed by atoms with E-state index in [4.69, 9.17) is 16.3 Å². The van der Waals surface area contributed by atoms with Crippen LogP contribution < -0.4 is 16.0 Å². The molecular weight excluding hydrogens is 638 g/mol. The molecule has 3 N–H and O–H groups in total. The molecule has 13 heteroatoms. The van der Waals surface area contributed by atoms with Gasteiger partial charge in [0.05, 0.1) is 13.4 Å². The molecule has 1 aliphatic rings. The molecule has 0 saturated carbocycles. The summed E-state index contributed by atoms with van der Waals surface area (Å²) in [5.74, 6) is -2.20. The van der Waals surface area contributed by atoms with Crippen molar-refractivity contribution >= 4 is 39.3 Å². The van der Waals surface area contributed by atoms with Gasteiger partial charge in [0.2, 0.25) is 15.9 Å². The number of methoxy groups -OCH3 is 1. The van der Waals surface area contributed by atoms with Gasteiger partial charge in [-0.3, -0.25) is 4.79 Å². The molecule has 0 radical (unpaired) electrons. The zero-order valence-electron chi connectivity index (χ0n) is 25.9. The number of sulfonamides is 1. The van der Waals surface area contributed by atoms with E-state index in [1.165, 1.54) is 41.9 Å². The summed E-state index contributed by atoms with van der Waals surface area (Å²) in [6.45, 7) is 2.88. The Labute approximate surface area is 273 Å². The first-order valence-electron chi connectivity index (χ1n) is 15.0. The Kier molecular flexibility index (Phi) is 12.1. The maximum absolute atomic E-state index is 15.2. The lowest BCUT2D eigenvalue weighted by molar-refractivity contribution is -0.118. The third-order valence-electron chi connectivity index (χ3n) is 8.15. The summed E-state index contributed by atoms with van der Waals surface area (Å²) in [7, 11) is -2.26. The molecule has 1 saturated heterocycles. The van der Waals surface area contributed by atoms with Gasteiger partial charge in [0.25, 0.3) is 0 Å². The number of piperazine rings is 1. The van der Waals surface area contributed by atoms with Gasteiger partial charge < -0.3 is 20.7 Å². The van der Waals surface area contributed by atoms with Gasteiger partial charge in [-0.25, -0.2) is 22.0 Å². The summed E-state index contributed by atoms with van der Waals surface area (Å²) in [6.07, 6.45) is 1.76. The SMILES string of the molecule is COC(=O)NC(C(=O)Nc1cccc(F)c1CCCC1CNCC(C)N1S(C)(=O)=O)C(Cc1ccc(F)cc1)c1ccc(Cl)cc1. The number of halogens is 3. The van der Waals surface area contributed by atoms with E-state index in [2.05, 4.69) is 16.0 Å². The minimum absolute atomic E-state index is 0.209. The van der Waals surface area contributed by atoms with E-state index in [0.29, 0.717) is 42.1 Å². The molecule has 1 heterocycles. The second-order valence-electron chi connectivity index (χ2n) is 11.5. The number of nitrogens with zero attached hydrogens (tertiary/aromatic N) is 1. The van der Waals surface area contributed by atoms with Crippen LogP contribution in [-0.2, 0) is 32.4 Å². The number of anilines is 1. The Hall–Kier alpha value is -3.58. The van der Waals surface area contributed by atoms with Crippen molar-refractivity contribution in [3.63, 3.8) is 0 Å². The molecule has 3 aromatic rings. The van der Waals surface area contributed by atoms with Crippen LogP contribution in [0.25, 0.3) is 0 Å². The monoisotopic (exact) mass is 676 g/mol. The fraction of sp³-hybridized carbons (Fsp3) is 0.394. The number of benzene rings is 3. The molecule has 2 amide bonds. The normalized spacial score (nSPS) is 18.4. The number of nitrogens with one attached hydrogen (secondary N) is 3. The molecule has 46 heavy (non-hydrogen) atoms. The topological polar surface area (TPSA) is 117 Å². The van der Waals surface area contributed by atoms with Crippen LogP contribution in [0.3, 0.4) is 0 Å². The van der Waals surface area contributed by atoms with Gasteiger partial charge in [-0.05, 0) is 80.1 Å². The van der Waals surface area contributed by atoms with Crippen LogP contribution in [0.5, 0.6) is 0 Å². The minimum atomic E-state index is -3.44. The third kappa shape index (κ3) is 9.25. The smallest absolute Gasteiger partial charge is 0.407 e. The van der Waals surface area contributed by atoms with Crippen LogP contribution >= 0.6 is 11.6 Å². The second-order valence-corrected chi connectivity index (χ2v) is 13.8. The number of rotatable bonds is 12. The molecule has 1 aliphatic heterocycles. The largest absolute Gasteiger partial charge is 0.453 e. The van der Waals surface area contributed by atoms with E-state index < -0.39 is 45.6 Å². The fourth-order valence-electron chi connectivity index (χ4n) is 6.03. The Morgan fingerprint density at radius 2 is 1.76 bits per heavy atom. The zero-order chi connectivity index (χ0) is 33.4. The van der Waals surface area contributed by atoms with Gasteiger partial charge in [0, 0.05) is 47.4 Å². The first kappa shape index (κ1) is 35.3. The molecule has 4 rings (SSSR count). The lowest BCUT2D eigenvalue weighted by Crippen LogP contribution is -2.57. The number of carbonyl (C=O) groups is 2. The van der Waals surface area contributed by atoms with E-state index in [1.807, 2.05) is 6.92 Å². The van der Waals surface area contributed by atoms with Crippen LogP contribution in [0, 0.1) is 11.6 Å². The quantitative estimate of drug-likeness (QED) is 0.241. The first-order valence-corrected chi connectivity index (χ1v) is 17.2. The summed E-state index contributed by atoms with van der Waals surface area (Å²) in [5, 5.41) is 9.18. The van der Waals surface area contributed by atoms with Crippen molar-refractivity contribution in [2.24, 2.45) is 0 Å². The van der Waals surface area contributed by atoms with Crippen molar-refractivity contribution in [1.82, 2.24) is 14.9 Å². The number of hydrogen-bond donors (Lipinski definition) is 3. The summed E-state index contributed by atoms with van der Waals surface area (Å²) >= 11 is 6.13. The molecule has 0 spiro atoms. The van der Waals surface area contributed by atoms with Gasteiger partial charge in [-0.1, -0.05) is 41.9 Å². The average molecular weight is 677 g/mol. The van der Waals surface area contributed by atoms with E-state index >= 15 is 4.39 Å². The van der Waals surface area contributed by atoms with E-state index in [0.717, 1.165) is 0 Å². The van der Waals surface area contributed by atoms with Gasteiger partial charge in [0.15, 0.2) is 0 Å². The van der Waals surface area contributed by atoms with Crippen molar-refractivity contribution in [2.75, 3.05) is 31.8 Å². The molecule has 0 aliphatic carbocycles. The van der Waals surface area contributed by atoms with E-state index in [-0.39, 0.29) is 36.2 Å². The van der Waals surface area contributed by atoms with Crippen LogP contribution in [0.1, 0.15) is 42.4 Å². The highest BCUT2D eigenvalue weighted by Gasteiger charge is 2.35.